The molecule has 0 radical (unpaired) electrons. The van der Waals surface area contributed by atoms with Gasteiger partial charge in [0.05, 0.1) is 13.2 Å². The average Bonchev–Trinajstić information content (AvgIpc) is 2.19. The smallest absolute Gasteiger partial charge is 0.0717 e. The third-order valence-corrected chi connectivity index (χ3v) is 3.28. The molecule has 0 aliphatic rings. The van der Waals surface area contributed by atoms with E-state index in [1.54, 1.807) is 0 Å². The molecule has 0 aliphatic heterocycles. The van der Waals surface area contributed by atoms with Crippen LogP contribution in [0.1, 0.15) is 12.5 Å². The van der Waals surface area contributed by atoms with Crippen molar-refractivity contribution in [2.24, 2.45) is 5.92 Å². The molecule has 0 spiro atoms. The molecule has 1 atom stereocenters. The number of rotatable bonds is 5. The van der Waals surface area contributed by atoms with Gasteiger partial charge in [-0.15, -0.1) is 0 Å². The number of alkyl halides is 1. The van der Waals surface area contributed by atoms with Gasteiger partial charge >= 0.3 is 0 Å². The summed E-state index contributed by atoms with van der Waals surface area (Å²) in [6.45, 7) is 3.80. The molecule has 0 heterocycles. The summed E-state index contributed by atoms with van der Waals surface area (Å²) in [5.74, 6) is 0.657. The first-order chi connectivity index (χ1) is 6.33. The summed E-state index contributed by atoms with van der Waals surface area (Å²) < 4.78 is 6.73. The van der Waals surface area contributed by atoms with E-state index in [9.17, 15) is 0 Å². The van der Waals surface area contributed by atoms with E-state index in [-0.39, 0.29) is 0 Å². The second-order valence-electron chi connectivity index (χ2n) is 3.26. The minimum atomic E-state index is 0.657. The SMILES string of the molecule is CC(CI)COCc1ccccc1. The molecule has 0 saturated heterocycles. The zero-order valence-electron chi connectivity index (χ0n) is 7.87. The average molecular weight is 290 g/mol. The molecule has 0 saturated carbocycles. The molecule has 13 heavy (non-hydrogen) atoms. The largest absolute Gasteiger partial charge is 0.376 e. The summed E-state index contributed by atoms with van der Waals surface area (Å²) >= 11 is 2.39. The Morgan fingerprint density at radius 3 is 2.62 bits per heavy atom. The highest BCUT2D eigenvalue weighted by atomic mass is 127. The summed E-state index contributed by atoms with van der Waals surface area (Å²) in [7, 11) is 0. The Labute approximate surface area is 93.6 Å². The van der Waals surface area contributed by atoms with E-state index in [0.29, 0.717) is 5.92 Å². The van der Waals surface area contributed by atoms with E-state index < -0.39 is 0 Å². The maximum absolute atomic E-state index is 5.57. The second kappa shape index (κ2) is 6.38. The van der Waals surface area contributed by atoms with Crippen LogP contribution >= 0.6 is 22.6 Å². The van der Waals surface area contributed by atoms with Crippen molar-refractivity contribution in [2.75, 3.05) is 11.0 Å². The van der Waals surface area contributed by atoms with Crippen LogP contribution in [0.4, 0.5) is 0 Å². The van der Waals surface area contributed by atoms with E-state index in [1.165, 1.54) is 5.56 Å². The first-order valence-corrected chi connectivity index (χ1v) is 6.03. The van der Waals surface area contributed by atoms with E-state index >= 15 is 0 Å². The van der Waals surface area contributed by atoms with Gasteiger partial charge < -0.3 is 4.74 Å². The van der Waals surface area contributed by atoms with Crippen molar-refractivity contribution in [1.82, 2.24) is 0 Å². The maximum atomic E-state index is 5.57. The van der Waals surface area contributed by atoms with Crippen LogP contribution in [0, 0.1) is 5.92 Å². The van der Waals surface area contributed by atoms with Crippen molar-refractivity contribution in [3.63, 3.8) is 0 Å². The molecule has 1 aromatic rings. The lowest BCUT2D eigenvalue weighted by Gasteiger charge is -2.08. The fourth-order valence-electron chi connectivity index (χ4n) is 0.997. The number of halogens is 1. The minimum absolute atomic E-state index is 0.657. The van der Waals surface area contributed by atoms with Crippen LogP contribution < -0.4 is 0 Å². The normalized spacial score (nSPS) is 12.8. The number of hydrogen-bond acceptors (Lipinski definition) is 1. The van der Waals surface area contributed by atoms with Gasteiger partial charge in [0, 0.05) is 4.43 Å². The molecule has 0 bridgehead atoms. The quantitative estimate of drug-likeness (QED) is 0.597. The number of benzene rings is 1. The maximum Gasteiger partial charge on any atom is 0.0717 e. The lowest BCUT2D eigenvalue weighted by Crippen LogP contribution is -2.06. The topological polar surface area (TPSA) is 9.23 Å². The van der Waals surface area contributed by atoms with Crippen LogP contribution in [0.15, 0.2) is 30.3 Å². The van der Waals surface area contributed by atoms with Crippen LogP contribution in [-0.4, -0.2) is 11.0 Å². The van der Waals surface area contributed by atoms with Crippen molar-refractivity contribution < 1.29 is 4.74 Å². The predicted octanol–water partition coefficient (Wildman–Crippen LogP) is 3.27. The summed E-state index contributed by atoms with van der Waals surface area (Å²) in [5.41, 5.74) is 1.25. The van der Waals surface area contributed by atoms with E-state index in [0.717, 1.165) is 17.6 Å². The molecule has 0 amide bonds. The van der Waals surface area contributed by atoms with Gasteiger partial charge in [-0.1, -0.05) is 59.8 Å². The molecule has 2 heteroatoms. The molecular formula is C11H15IO. The molecule has 1 aromatic carbocycles. The van der Waals surface area contributed by atoms with Crippen molar-refractivity contribution >= 4 is 22.6 Å². The first kappa shape index (κ1) is 11.0. The van der Waals surface area contributed by atoms with E-state index in [4.69, 9.17) is 4.74 Å². The molecule has 0 aliphatic carbocycles. The van der Waals surface area contributed by atoms with Crippen LogP contribution in [0.2, 0.25) is 0 Å². The highest BCUT2D eigenvalue weighted by molar-refractivity contribution is 14.1. The Hall–Kier alpha value is -0.0900. The Morgan fingerprint density at radius 2 is 2.00 bits per heavy atom. The molecular weight excluding hydrogens is 275 g/mol. The van der Waals surface area contributed by atoms with Crippen LogP contribution in [0.5, 0.6) is 0 Å². The summed E-state index contributed by atoms with van der Waals surface area (Å²) in [6.07, 6.45) is 0. The fourth-order valence-corrected chi connectivity index (χ4v) is 1.25. The molecule has 0 N–H and O–H groups in total. The van der Waals surface area contributed by atoms with Gasteiger partial charge in [-0.3, -0.25) is 0 Å². The van der Waals surface area contributed by atoms with Crippen molar-refractivity contribution in [3.8, 4) is 0 Å². The Balaban J connectivity index is 2.20. The Bertz CT molecular complexity index is 223. The van der Waals surface area contributed by atoms with Crippen LogP contribution in [0.25, 0.3) is 0 Å². The van der Waals surface area contributed by atoms with Crippen molar-refractivity contribution in [3.05, 3.63) is 35.9 Å². The summed E-state index contributed by atoms with van der Waals surface area (Å²) in [4.78, 5) is 0. The van der Waals surface area contributed by atoms with Gasteiger partial charge in [-0.2, -0.15) is 0 Å². The summed E-state index contributed by atoms with van der Waals surface area (Å²) in [6, 6.07) is 10.3. The first-order valence-electron chi connectivity index (χ1n) is 4.50. The lowest BCUT2D eigenvalue weighted by atomic mass is 10.2. The van der Waals surface area contributed by atoms with Gasteiger partial charge in [0.2, 0.25) is 0 Å². The predicted molar refractivity (Wildman–Crippen MR) is 64.1 cm³/mol. The van der Waals surface area contributed by atoms with Crippen LogP contribution in [-0.2, 0) is 11.3 Å². The number of ether oxygens (including phenoxy) is 1. The monoisotopic (exact) mass is 290 g/mol. The molecule has 0 aromatic heterocycles. The molecule has 1 nitrogen and oxygen atoms in total. The molecule has 1 rings (SSSR count). The standard InChI is InChI=1S/C11H15IO/c1-10(7-12)8-13-9-11-5-3-2-4-6-11/h2-6,10H,7-9H2,1H3. The van der Waals surface area contributed by atoms with Crippen LogP contribution in [0.3, 0.4) is 0 Å². The van der Waals surface area contributed by atoms with Gasteiger partial charge in [-0.05, 0) is 11.5 Å². The number of hydrogen-bond donors (Lipinski definition) is 0. The van der Waals surface area contributed by atoms with Gasteiger partial charge in [0.25, 0.3) is 0 Å². The zero-order valence-corrected chi connectivity index (χ0v) is 10.0. The van der Waals surface area contributed by atoms with Crippen molar-refractivity contribution in [2.45, 2.75) is 13.5 Å². The van der Waals surface area contributed by atoms with Crippen molar-refractivity contribution in [1.29, 1.82) is 0 Å². The van der Waals surface area contributed by atoms with E-state index in [1.807, 2.05) is 18.2 Å². The lowest BCUT2D eigenvalue weighted by molar-refractivity contribution is 0.0989. The highest BCUT2D eigenvalue weighted by Gasteiger charge is 1.99. The fraction of sp³-hybridized carbons (Fsp3) is 0.455. The molecule has 1 unspecified atom stereocenters. The zero-order chi connectivity index (χ0) is 9.52. The Morgan fingerprint density at radius 1 is 1.31 bits per heavy atom. The third kappa shape index (κ3) is 4.62. The summed E-state index contributed by atoms with van der Waals surface area (Å²) in [5, 5.41) is 0. The van der Waals surface area contributed by atoms with Gasteiger partial charge in [0.15, 0.2) is 0 Å². The van der Waals surface area contributed by atoms with Gasteiger partial charge in [-0.25, -0.2) is 0 Å². The minimum Gasteiger partial charge on any atom is -0.376 e. The van der Waals surface area contributed by atoms with Gasteiger partial charge in [0.1, 0.15) is 0 Å². The molecule has 72 valence electrons. The highest BCUT2D eigenvalue weighted by Crippen LogP contribution is 2.04. The van der Waals surface area contributed by atoms with E-state index in [2.05, 4.69) is 41.6 Å². The molecule has 0 fully saturated rings. The second-order valence-corrected chi connectivity index (χ2v) is 4.14. The third-order valence-electron chi connectivity index (χ3n) is 1.78. The Kier molecular flexibility index (Phi) is 5.39.